The van der Waals surface area contributed by atoms with Crippen LogP contribution in [0.3, 0.4) is 0 Å². The molecule has 2 rings (SSSR count). The SMILES string of the molecule is CCOC(=O)/C=C(\c1ccc(N(CC(C)C)C2CCCCC2)c([N+](=O)[O-])c1)C(F)(F)F. The summed E-state index contributed by atoms with van der Waals surface area (Å²) in [6.45, 7) is 5.97. The van der Waals surface area contributed by atoms with Gasteiger partial charge in [-0.2, -0.15) is 13.2 Å². The summed E-state index contributed by atoms with van der Waals surface area (Å²) in [5.74, 6) is -0.930. The first-order chi connectivity index (χ1) is 14.5. The average molecular weight is 442 g/mol. The first-order valence-corrected chi connectivity index (χ1v) is 10.6. The minimum atomic E-state index is -4.87. The fourth-order valence-electron chi connectivity index (χ4n) is 3.94. The summed E-state index contributed by atoms with van der Waals surface area (Å²) < 4.78 is 45.4. The smallest absolute Gasteiger partial charge is 0.417 e. The number of nitro benzene ring substituents is 1. The van der Waals surface area contributed by atoms with E-state index in [1.54, 1.807) is 0 Å². The lowest BCUT2D eigenvalue weighted by Crippen LogP contribution is -2.39. The van der Waals surface area contributed by atoms with E-state index in [1.165, 1.54) is 19.1 Å². The summed E-state index contributed by atoms with van der Waals surface area (Å²) in [7, 11) is 0. The molecule has 9 heteroatoms. The van der Waals surface area contributed by atoms with Crippen molar-refractivity contribution in [2.24, 2.45) is 5.92 Å². The molecule has 0 aliphatic heterocycles. The number of carbonyl (C=O) groups excluding carboxylic acids is 1. The van der Waals surface area contributed by atoms with Crippen molar-refractivity contribution in [2.75, 3.05) is 18.1 Å². The normalized spacial score (nSPS) is 15.8. The van der Waals surface area contributed by atoms with Crippen molar-refractivity contribution in [3.63, 3.8) is 0 Å². The summed E-state index contributed by atoms with van der Waals surface area (Å²) in [5, 5.41) is 11.8. The van der Waals surface area contributed by atoms with Gasteiger partial charge in [-0.25, -0.2) is 4.79 Å². The van der Waals surface area contributed by atoms with Crippen LogP contribution < -0.4 is 4.90 Å². The molecule has 0 unspecified atom stereocenters. The van der Waals surface area contributed by atoms with Crippen LogP contribution in [0.5, 0.6) is 0 Å². The van der Waals surface area contributed by atoms with Crippen molar-refractivity contribution in [3.8, 4) is 0 Å². The predicted octanol–water partition coefficient (Wildman–Crippen LogP) is 5.90. The Balaban J connectivity index is 2.55. The molecule has 1 aliphatic carbocycles. The van der Waals surface area contributed by atoms with Gasteiger partial charge < -0.3 is 9.64 Å². The lowest BCUT2D eigenvalue weighted by Gasteiger charge is -2.37. The van der Waals surface area contributed by atoms with Crippen LogP contribution in [0.1, 0.15) is 58.4 Å². The van der Waals surface area contributed by atoms with Crippen molar-refractivity contribution in [1.29, 1.82) is 0 Å². The lowest BCUT2D eigenvalue weighted by molar-refractivity contribution is -0.384. The summed E-state index contributed by atoms with van der Waals surface area (Å²) in [6, 6.07) is 3.58. The van der Waals surface area contributed by atoms with Gasteiger partial charge in [0.15, 0.2) is 0 Å². The number of nitrogens with zero attached hydrogens (tertiary/aromatic N) is 2. The topological polar surface area (TPSA) is 72.7 Å². The molecule has 0 radical (unpaired) electrons. The van der Waals surface area contributed by atoms with Crippen LogP contribution in [0, 0.1) is 16.0 Å². The highest BCUT2D eigenvalue weighted by molar-refractivity contribution is 5.93. The van der Waals surface area contributed by atoms with Gasteiger partial charge >= 0.3 is 12.1 Å². The summed E-state index contributed by atoms with van der Waals surface area (Å²) in [5.41, 5.74) is -1.80. The Kier molecular flexibility index (Phi) is 8.47. The molecule has 0 atom stereocenters. The third-order valence-corrected chi connectivity index (χ3v) is 5.22. The second-order valence-electron chi connectivity index (χ2n) is 8.11. The molecule has 6 nitrogen and oxygen atoms in total. The number of rotatable bonds is 8. The first-order valence-electron chi connectivity index (χ1n) is 10.6. The zero-order valence-corrected chi connectivity index (χ0v) is 18.1. The number of ether oxygens (including phenoxy) is 1. The quantitative estimate of drug-likeness (QED) is 0.217. The van der Waals surface area contributed by atoms with E-state index < -0.39 is 33.9 Å². The number of esters is 1. The molecule has 172 valence electrons. The molecule has 0 amide bonds. The fourth-order valence-corrected chi connectivity index (χ4v) is 3.94. The Morgan fingerprint density at radius 3 is 2.45 bits per heavy atom. The molecule has 1 aliphatic rings. The molecule has 0 spiro atoms. The highest BCUT2D eigenvalue weighted by Crippen LogP contribution is 2.40. The Labute approximate surface area is 180 Å². The molecule has 1 aromatic carbocycles. The summed E-state index contributed by atoms with van der Waals surface area (Å²) in [4.78, 5) is 24.8. The maximum atomic E-state index is 13.6. The van der Waals surface area contributed by atoms with Crippen LogP contribution in [0.4, 0.5) is 24.5 Å². The molecule has 0 heterocycles. The molecule has 0 N–H and O–H groups in total. The average Bonchev–Trinajstić information content (AvgIpc) is 2.70. The number of benzene rings is 1. The molecular formula is C22H29F3N2O4. The molecule has 0 bridgehead atoms. The number of hydrogen-bond acceptors (Lipinski definition) is 5. The highest BCUT2D eigenvalue weighted by Gasteiger charge is 2.37. The molecule has 31 heavy (non-hydrogen) atoms. The molecule has 1 aromatic rings. The summed E-state index contributed by atoms with van der Waals surface area (Å²) in [6.07, 6.45) is 0.403. The lowest BCUT2D eigenvalue weighted by atomic mass is 9.92. The van der Waals surface area contributed by atoms with Crippen LogP contribution in [0.2, 0.25) is 0 Å². The van der Waals surface area contributed by atoms with Gasteiger partial charge in [-0.3, -0.25) is 10.1 Å². The third kappa shape index (κ3) is 6.70. The van der Waals surface area contributed by atoms with E-state index in [0.29, 0.717) is 18.3 Å². The van der Waals surface area contributed by atoms with Crippen molar-refractivity contribution < 1.29 is 27.6 Å². The van der Waals surface area contributed by atoms with Crippen molar-refractivity contribution in [3.05, 3.63) is 40.0 Å². The standard InChI is InChI=1S/C22H29F3N2O4/c1-4-31-21(28)13-18(22(23,24)25)16-10-11-19(20(12-16)27(29)30)26(14-15(2)3)17-8-6-5-7-9-17/h10-13,15,17H,4-9,14H2,1-3H3/b18-13+. The number of carbonyl (C=O) groups is 1. The predicted molar refractivity (Wildman–Crippen MR) is 113 cm³/mol. The van der Waals surface area contributed by atoms with E-state index in [4.69, 9.17) is 0 Å². The van der Waals surface area contributed by atoms with E-state index in [1.807, 2.05) is 18.7 Å². The van der Waals surface area contributed by atoms with Crippen LogP contribution in [-0.2, 0) is 9.53 Å². The van der Waals surface area contributed by atoms with Gasteiger partial charge in [0.25, 0.3) is 5.69 Å². The molecule has 0 aromatic heterocycles. The van der Waals surface area contributed by atoms with E-state index in [9.17, 15) is 28.1 Å². The largest absolute Gasteiger partial charge is 0.463 e. The summed E-state index contributed by atoms with van der Waals surface area (Å²) >= 11 is 0. The van der Waals surface area contributed by atoms with Crippen molar-refractivity contribution in [1.82, 2.24) is 0 Å². The van der Waals surface area contributed by atoms with Gasteiger partial charge in [-0.1, -0.05) is 39.2 Å². The number of halogens is 3. The van der Waals surface area contributed by atoms with Gasteiger partial charge in [-0.05, 0) is 37.3 Å². The van der Waals surface area contributed by atoms with E-state index in [0.717, 1.165) is 38.2 Å². The minimum absolute atomic E-state index is 0.0783. The number of anilines is 1. The number of allylic oxidation sites excluding steroid dienone is 1. The molecular weight excluding hydrogens is 413 g/mol. The maximum Gasteiger partial charge on any atom is 0.417 e. The van der Waals surface area contributed by atoms with Crippen molar-refractivity contribution >= 4 is 22.9 Å². The number of hydrogen-bond donors (Lipinski definition) is 0. The van der Waals surface area contributed by atoms with Gasteiger partial charge in [0, 0.05) is 24.7 Å². The van der Waals surface area contributed by atoms with Gasteiger partial charge in [0.05, 0.1) is 17.1 Å². The second kappa shape index (κ2) is 10.6. The number of nitro groups is 1. The minimum Gasteiger partial charge on any atom is -0.463 e. The molecule has 1 fully saturated rings. The first kappa shape index (κ1) is 24.7. The second-order valence-corrected chi connectivity index (χ2v) is 8.11. The Bertz CT molecular complexity index is 815. The van der Waals surface area contributed by atoms with Gasteiger partial charge in [0.2, 0.25) is 0 Å². The number of alkyl halides is 3. The van der Waals surface area contributed by atoms with Crippen LogP contribution in [0.15, 0.2) is 24.3 Å². The van der Waals surface area contributed by atoms with Gasteiger partial charge in [-0.15, -0.1) is 0 Å². The highest BCUT2D eigenvalue weighted by atomic mass is 19.4. The zero-order chi connectivity index (χ0) is 23.2. The van der Waals surface area contributed by atoms with Crippen LogP contribution in [-0.4, -0.2) is 36.3 Å². The Hall–Kier alpha value is -2.58. The molecule has 0 saturated heterocycles. The molecule has 1 saturated carbocycles. The monoisotopic (exact) mass is 442 g/mol. The Morgan fingerprint density at radius 1 is 1.29 bits per heavy atom. The van der Waals surface area contributed by atoms with Gasteiger partial charge in [0.1, 0.15) is 5.69 Å². The zero-order valence-electron chi connectivity index (χ0n) is 18.1. The van der Waals surface area contributed by atoms with E-state index >= 15 is 0 Å². The van der Waals surface area contributed by atoms with Crippen LogP contribution >= 0.6 is 0 Å². The third-order valence-electron chi connectivity index (χ3n) is 5.22. The fraction of sp³-hybridized carbons (Fsp3) is 0.591. The van der Waals surface area contributed by atoms with E-state index in [2.05, 4.69) is 4.74 Å². The van der Waals surface area contributed by atoms with E-state index in [-0.39, 0.29) is 18.6 Å². The Morgan fingerprint density at radius 2 is 1.94 bits per heavy atom. The van der Waals surface area contributed by atoms with Crippen molar-refractivity contribution in [2.45, 2.75) is 65.1 Å². The maximum absolute atomic E-state index is 13.6. The van der Waals surface area contributed by atoms with Crippen LogP contribution in [0.25, 0.3) is 5.57 Å².